The highest BCUT2D eigenvalue weighted by Crippen LogP contribution is 2.49. The topological polar surface area (TPSA) is 134 Å². The van der Waals surface area contributed by atoms with E-state index in [9.17, 15) is 9.59 Å². The van der Waals surface area contributed by atoms with Gasteiger partial charge in [0.1, 0.15) is 0 Å². The molecule has 2 saturated carbocycles. The van der Waals surface area contributed by atoms with Gasteiger partial charge in [-0.15, -0.1) is 22.7 Å². The molecule has 2 saturated heterocycles. The number of Topliss-reactive ketones (excluding diaryl/α,β-unsaturated/α-hetero) is 2. The molecule has 8 aromatic rings. The maximum absolute atomic E-state index is 13.3. The standard InChI is InChI=1S/C29H30N4OS.C28H28N4OS/c1-32-10-12-33(13-11-32)25-9-7-21-16-23(18-31-29(21)28(25)19-4-5-19)26(34)17-22-15-20(6-8-24(22)30)27-3-2-14-35-27;29-23-7-5-19(26-2-1-13-34-26)14-21(23)16-25(33)22-15-20-6-8-24(32-11-9-30-10-12-32)27(18-3-4-18)28(20)31-17-22/h2-3,6-9,14-16,18-19H,4-5,10-13,17,30H2,1H3;1-2,5-8,13-15,17-18,30H,3-4,9-12,16,29H2. The molecule has 2 aliphatic carbocycles. The van der Waals surface area contributed by atoms with E-state index in [1.807, 2.05) is 60.7 Å². The maximum atomic E-state index is 13.3. The fourth-order valence-electron chi connectivity index (χ4n) is 10.0. The molecule has 10 nitrogen and oxygen atoms in total. The van der Waals surface area contributed by atoms with Gasteiger partial charge in [0.15, 0.2) is 11.6 Å². The van der Waals surface area contributed by atoms with Gasteiger partial charge in [0.2, 0.25) is 0 Å². The van der Waals surface area contributed by atoms with Crippen LogP contribution in [0.3, 0.4) is 0 Å². The molecule has 4 aromatic carbocycles. The van der Waals surface area contributed by atoms with Crippen LogP contribution in [0.15, 0.2) is 120 Å². The van der Waals surface area contributed by atoms with Crippen molar-refractivity contribution in [3.05, 3.63) is 154 Å². The predicted molar refractivity (Wildman–Crippen MR) is 287 cm³/mol. The van der Waals surface area contributed by atoms with Gasteiger partial charge in [0.25, 0.3) is 0 Å². The van der Waals surface area contributed by atoms with Crippen molar-refractivity contribution in [2.24, 2.45) is 0 Å². The Hall–Kier alpha value is -6.44. The number of carbonyl (C=O) groups is 2. The minimum Gasteiger partial charge on any atom is -0.398 e. The van der Waals surface area contributed by atoms with Crippen LogP contribution in [0, 0.1) is 0 Å². The van der Waals surface area contributed by atoms with Crippen molar-refractivity contribution < 1.29 is 9.59 Å². The molecule has 4 fully saturated rings. The number of nitrogens with zero attached hydrogens (tertiary/aromatic N) is 5. The number of nitrogen functional groups attached to an aromatic ring is 2. The van der Waals surface area contributed by atoms with Crippen molar-refractivity contribution in [1.82, 2.24) is 20.2 Å². The normalized spacial score (nSPS) is 16.4. The number of hydrogen-bond acceptors (Lipinski definition) is 12. The van der Waals surface area contributed by atoms with Gasteiger partial charge >= 0.3 is 0 Å². The van der Waals surface area contributed by atoms with Crippen molar-refractivity contribution in [2.75, 3.05) is 80.7 Å². The zero-order valence-corrected chi connectivity index (χ0v) is 40.8. The molecule has 0 unspecified atom stereocenters. The van der Waals surface area contributed by atoms with Crippen LogP contribution >= 0.6 is 22.7 Å². The zero-order valence-electron chi connectivity index (χ0n) is 39.1. The number of piperazine rings is 2. The van der Waals surface area contributed by atoms with Gasteiger partial charge < -0.3 is 31.5 Å². The monoisotopic (exact) mass is 950 g/mol. The lowest BCUT2D eigenvalue weighted by Gasteiger charge is -2.35. The fraction of sp³-hybridized carbons (Fsp3) is 0.298. The smallest absolute Gasteiger partial charge is 0.168 e. The summed E-state index contributed by atoms with van der Waals surface area (Å²) in [6.45, 7) is 8.33. The average molecular weight is 951 g/mol. The summed E-state index contributed by atoms with van der Waals surface area (Å²) in [7, 11) is 2.19. The molecule has 0 spiro atoms. The SMILES string of the molecule is CN1CCN(c2ccc3cc(C(=O)Cc4cc(-c5cccs5)ccc4N)cnc3c2C2CC2)CC1.Nc1ccc(-c2cccs2)cc1CC(=O)c1cnc2c(C3CC3)c(N3CCNCC3)ccc2c1. The third-order valence-corrected chi connectivity index (χ3v) is 16.1. The lowest BCUT2D eigenvalue weighted by atomic mass is 9.97. The van der Waals surface area contributed by atoms with E-state index in [1.165, 1.54) is 57.9 Å². The van der Waals surface area contributed by atoms with E-state index >= 15 is 0 Å². The van der Waals surface area contributed by atoms with Crippen molar-refractivity contribution in [1.29, 1.82) is 0 Å². The Balaban J connectivity index is 0.000000151. The van der Waals surface area contributed by atoms with Gasteiger partial charge in [0, 0.05) is 143 Å². The Bertz CT molecular complexity index is 3170. The first kappa shape index (κ1) is 45.0. The number of rotatable bonds is 12. The number of nitrogens with one attached hydrogen (secondary N) is 1. The number of pyridine rings is 2. The largest absolute Gasteiger partial charge is 0.398 e. The summed E-state index contributed by atoms with van der Waals surface area (Å²) in [5, 5.41) is 9.65. The number of benzene rings is 4. The second kappa shape index (κ2) is 19.5. The van der Waals surface area contributed by atoms with Crippen LogP contribution in [0.25, 0.3) is 42.7 Å². The van der Waals surface area contributed by atoms with Gasteiger partial charge in [-0.2, -0.15) is 0 Å². The molecule has 2 aliphatic heterocycles. The summed E-state index contributed by atoms with van der Waals surface area (Å²) in [6.07, 6.45) is 8.96. The van der Waals surface area contributed by atoms with Gasteiger partial charge in [-0.1, -0.05) is 36.4 Å². The summed E-state index contributed by atoms with van der Waals surface area (Å²) in [4.78, 5) is 46.0. The summed E-state index contributed by atoms with van der Waals surface area (Å²) >= 11 is 3.37. The van der Waals surface area contributed by atoms with Crippen LogP contribution in [0.2, 0.25) is 0 Å². The lowest BCUT2D eigenvalue weighted by molar-refractivity contribution is 0.0984. The van der Waals surface area contributed by atoms with E-state index in [1.54, 1.807) is 35.1 Å². The fourth-order valence-corrected chi connectivity index (χ4v) is 11.5. The van der Waals surface area contributed by atoms with E-state index in [0.29, 0.717) is 34.3 Å². The summed E-state index contributed by atoms with van der Waals surface area (Å²) < 4.78 is 0. The van der Waals surface area contributed by atoms with Crippen LogP contribution in [0.4, 0.5) is 22.7 Å². The predicted octanol–water partition coefficient (Wildman–Crippen LogP) is 10.9. The van der Waals surface area contributed by atoms with Crippen LogP contribution in [0.1, 0.15) is 80.5 Å². The first-order valence-electron chi connectivity index (χ1n) is 24.4. The Kier molecular flexibility index (Phi) is 12.7. The third-order valence-electron chi connectivity index (χ3n) is 14.3. The van der Waals surface area contributed by atoms with Crippen LogP contribution in [0.5, 0.6) is 0 Å². The van der Waals surface area contributed by atoms with E-state index in [-0.39, 0.29) is 24.4 Å². The van der Waals surface area contributed by atoms with Gasteiger partial charge in [-0.05, 0) is 138 Å². The molecular weight excluding hydrogens is 893 g/mol. The molecule has 12 heteroatoms. The van der Waals surface area contributed by atoms with Crippen LogP contribution in [-0.2, 0) is 12.8 Å². The van der Waals surface area contributed by atoms with Crippen LogP contribution < -0.4 is 26.6 Å². The van der Waals surface area contributed by atoms with Gasteiger partial charge in [-0.25, -0.2) is 0 Å². The highest BCUT2D eigenvalue weighted by atomic mass is 32.1. The Morgan fingerprint density at radius 1 is 0.594 bits per heavy atom. The molecule has 350 valence electrons. The van der Waals surface area contributed by atoms with Crippen molar-refractivity contribution in [2.45, 2.75) is 50.4 Å². The number of carbonyl (C=O) groups excluding carboxylic acids is 2. The average Bonchev–Trinajstić information content (AvgIpc) is 4.29. The van der Waals surface area contributed by atoms with Gasteiger partial charge in [-0.3, -0.25) is 19.6 Å². The zero-order chi connectivity index (χ0) is 47.0. The summed E-state index contributed by atoms with van der Waals surface area (Å²) in [5.74, 6) is 1.26. The van der Waals surface area contributed by atoms with E-state index in [0.717, 1.165) is 96.4 Å². The maximum Gasteiger partial charge on any atom is 0.168 e. The molecule has 6 heterocycles. The Morgan fingerprint density at radius 2 is 1.06 bits per heavy atom. The Labute approximate surface area is 412 Å². The Morgan fingerprint density at radius 3 is 1.49 bits per heavy atom. The first-order chi connectivity index (χ1) is 33.7. The highest BCUT2D eigenvalue weighted by Gasteiger charge is 2.33. The van der Waals surface area contributed by atoms with E-state index in [4.69, 9.17) is 21.4 Å². The molecule has 4 aromatic heterocycles. The molecule has 0 amide bonds. The molecule has 12 rings (SSSR count). The number of nitrogens with two attached hydrogens (primary N) is 2. The summed E-state index contributed by atoms with van der Waals surface area (Å²) in [6, 6.07) is 32.9. The molecule has 0 atom stereocenters. The molecule has 0 radical (unpaired) electrons. The molecule has 4 aliphatic rings. The first-order valence-corrected chi connectivity index (χ1v) is 26.2. The summed E-state index contributed by atoms with van der Waals surface area (Å²) in [5.41, 5.74) is 26.5. The third kappa shape index (κ3) is 9.76. The minimum absolute atomic E-state index is 0.0450. The molecular formula is C57H58N8O2S2. The second-order valence-corrected chi connectivity index (χ2v) is 21.0. The number of aromatic nitrogens is 2. The second-order valence-electron chi connectivity index (χ2n) is 19.1. The van der Waals surface area contributed by atoms with Crippen molar-refractivity contribution >= 4 is 78.8 Å². The van der Waals surface area contributed by atoms with E-state index in [2.05, 4.69) is 74.2 Å². The highest BCUT2D eigenvalue weighted by molar-refractivity contribution is 7.13. The lowest BCUT2D eigenvalue weighted by Crippen LogP contribution is -2.44. The van der Waals surface area contributed by atoms with Gasteiger partial charge in [0.05, 0.1) is 11.0 Å². The van der Waals surface area contributed by atoms with Crippen molar-refractivity contribution in [3.8, 4) is 20.9 Å². The number of thiophene rings is 2. The quantitative estimate of drug-likeness (QED) is 0.0803. The number of likely N-dealkylation sites (N-methyl/N-ethyl adjacent to an activating group) is 1. The molecule has 69 heavy (non-hydrogen) atoms. The number of fused-ring (bicyclic) bond motifs is 2. The van der Waals surface area contributed by atoms with Crippen molar-refractivity contribution in [3.63, 3.8) is 0 Å². The van der Waals surface area contributed by atoms with Crippen LogP contribution in [-0.4, -0.2) is 85.8 Å². The number of anilines is 4. The minimum atomic E-state index is 0.0450. The van der Waals surface area contributed by atoms with E-state index < -0.39 is 0 Å². The molecule has 0 bridgehead atoms. The number of hydrogen-bond donors (Lipinski definition) is 3. The molecule has 5 N–H and O–H groups in total. The number of ketones is 2.